The van der Waals surface area contributed by atoms with E-state index >= 15 is 0 Å². The molecule has 0 radical (unpaired) electrons. The van der Waals surface area contributed by atoms with Crippen molar-refractivity contribution < 1.29 is 13.2 Å². The van der Waals surface area contributed by atoms with E-state index in [-0.39, 0.29) is 4.90 Å². The summed E-state index contributed by atoms with van der Waals surface area (Å²) < 4.78 is 26.2. The van der Waals surface area contributed by atoms with Crippen LogP contribution in [0.5, 0.6) is 0 Å². The molecule has 2 aromatic carbocycles. The van der Waals surface area contributed by atoms with Crippen LogP contribution in [-0.2, 0) is 17.1 Å². The predicted octanol–water partition coefficient (Wildman–Crippen LogP) is 2.46. The number of halogens is 1. The molecule has 0 bridgehead atoms. The summed E-state index contributed by atoms with van der Waals surface area (Å²) in [5, 5.41) is 1.16. The molecule has 3 rings (SSSR count). The number of hydrogen-bond donors (Lipinski definition) is 2. The molecule has 124 valence electrons. The summed E-state index contributed by atoms with van der Waals surface area (Å²) in [5.41, 5.74) is 3.49. The number of aromatic nitrogens is 1. The number of rotatable bonds is 4. The highest BCUT2D eigenvalue weighted by molar-refractivity contribution is 7.89. The van der Waals surface area contributed by atoms with Gasteiger partial charge in [-0.1, -0.05) is 29.8 Å². The van der Waals surface area contributed by atoms with Gasteiger partial charge in [-0.05, 0) is 30.3 Å². The summed E-state index contributed by atoms with van der Waals surface area (Å²) in [6, 6.07) is 13.0. The first-order valence-electron chi connectivity index (χ1n) is 7.00. The van der Waals surface area contributed by atoms with Gasteiger partial charge in [0.25, 0.3) is 15.9 Å². The van der Waals surface area contributed by atoms with Crippen LogP contribution in [0.2, 0.25) is 5.02 Å². The standard InChI is InChI=1S/C16H14ClN3O3S/c1-20-10-14(13-4-2-3-5-15(13)20)16(21)18-19-24(22,23)12-8-6-11(17)7-9-12/h2-10,19H,1H3,(H,18,21). The van der Waals surface area contributed by atoms with E-state index in [1.165, 1.54) is 24.3 Å². The van der Waals surface area contributed by atoms with Gasteiger partial charge in [0, 0.05) is 29.2 Å². The van der Waals surface area contributed by atoms with Crippen molar-refractivity contribution in [2.45, 2.75) is 4.90 Å². The lowest BCUT2D eigenvalue weighted by Gasteiger charge is -2.08. The summed E-state index contributed by atoms with van der Waals surface area (Å²) in [6.45, 7) is 0. The Morgan fingerprint density at radius 3 is 2.46 bits per heavy atom. The molecule has 0 saturated heterocycles. The van der Waals surface area contributed by atoms with Gasteiger partial charge in [0.05, 0.1) is 10.5 Å². The van der Waals surface area contributed by atoms with E-state index in [0.29, 0.717) is 10.6 Å². The number of hydrazine groups is 1. The quantitative estimate of drug-likeness (QED) is 0.699. The van der Waals surface area contributed by atoms with Gasteiger partial charge in [-0.25, -0.2) is 8.42 Å². The summed E-state index contributed by atoms with van der Waals surface area (Å²) in [7, 11) is -2.06. The molecular formula is C16H14ClN3O3S. The van der Waals surface area contributed by atoms with Crippen molar-refractivity contribution >= 4 is 38.4 Å². The zero-order chi connectivity index (χ0) is 17.3. The number of nitrogens with one attached hydrogen (secondary N) is 2. The van der Waals surface area contributed by atoms with Crippen LogP contribution in [0.3, 0.4) is 0 Å². The van der Waals surface area contributed by atoms with E-state index in [1.807, 2.05) is 25.2 Å². The van der Waals surface area contributed by atoms with E-state index in [9.17, 15) is 13.2 Å². The number of sulfonamides is 1. The van der Waals surface area contributed by atoms with Crippen molar-refractivity contribution in [3.63, 3.8) is 0 Å². The molecular weight excluding hydrogens is 350 g/mol. The van der Waals surface area contributed by atoms with Crippen LogP contribution in [0.1, 0.15) is 10.4 Å². The van der Waals surface area contributed by atoms with Gasteiger partial charge < -0.3 is 4.57 Å². The molecule has 1 heterocycles. The molecule has 3 aromatic rings. The molecule has 0 fully saturated rings. The number of carbonyl (C=O) groups is 1. The van der Waals surface area contributed by atoms with Crippen molar-refractivity contribution in [2.75, 3.05) is 0 Å². The first kappa shape index (κ1) is 16.5. The fourth-order valence-electron chi connectivity index (χ4n) is 2.38. The number of amides is 1. The average molecular weight is 364 g/mol. The third kappa shape index (κ3) is 3.14. The van der Waals surface area contributed by atoms with Crippen LogP contribution in [0.15, 0.2) is 59.6 Å². The topological polar surface area (TPSA) is 80.2 Å². The van der Waals surface area contributed by atoms with Gasteiger partial charge >= 0.3 is 0 Å². The largest absolute Gasteiger partial charge is 0.350 e. The van der Waals surface area contributed by atoms with Crippen molar-refractivity contribution in [3.05, 3.63) is 65.3 Å². The normalized spacial score (nSPS) is 11.6. The van der Waals surface area contributed by atoms with Crippen LogP contribution >= 0.6 is 11.6 Å². The molecule has 24 heavy (non-hydrogen) atoms. The number of nitrogens with zero attached hydrogens (tertiary/aromatic N) is 1. The number of aryl methyl sites for hydroxylation is 1. The Kier molecular flexibility index (Phi) is 4.31. The Balaban J connectivity index is 1.81. The third-order valence-electron chi connectivity index (χ3n) is 3.56. The highest BCUT2D eigenvalue weighted by Gasteiger charge is 2.18. The van der Waals surface area contributed by atoms with E-state index < -0.39 is 15.9 Å². The van der Waals surface area contributed by atoms with E-state index in [0.717, 1.165) is 10.9 Å². The third-order valence-corrected chi connectivity index (χ3v) is 5.08. The fourth-order valence-corrected chi connectivity index (χ4v) is 3.34. The maximum Gasteiger partial charge on any atom is 0.268 e. The lowest BCUT2D eigenvalue weighted by Crippen LogP contribution is -2.41. The van der Waals surface area contributed by atoms with Crippen LogP contribution in [-0.4, -0.2) is 18.9 Å². The summed E-state index contributed by atoms with van der Waals surface area (Å²) in [5.74, 6) is -0.538. The van der Waals surface area contributed by atoms with Crippen LogP contribution in [0.25, 0.3) is 10.9 Å². The molecule has 2 N–H and O–H groups in total. The molecule has 0 spiro atoms. The predicted molar refractivity (Wildman–Crippen MR) is 92.2 cm³/mol. The average Bonchev–Trinajstić information content (AvgIpc) is 2.91. The van der Waals surface area contributed by atoms with Gasteiger partial charge in [0.15, 0.2) is 0 Å². The Morgan fingerprint density at radius 2 is 1.75 bits per heavy atom. The lowest BCUT2D eigenvalue weighted by molar-refractivity contribution is 0.0946. The monoisotopic (exact) mass is 363 g/mol. The second-order valence-electron chi connectivity index (χ2n) is 5.18. The Hall–Kier alpha value is -2.35. The highest BCUT2D eigenvalue weighted by Crippen LogP contribution is 2.20. The van der Waals surface area contributed by atoms with Gasteiger partial charge in [-0.2, -0.15) is 0 Å². The van der Waals surface area contributed by atoms with E-state index in [2.05, 4.69) is 10.3 Å². The molecule has 0 saturated carbocycles. The van der Waals surface area contributed by atoms with Crippen LogP contribution in [0.4, 0.5) is 0 Å². The minimum atomic E-state index is -3.87. The molecule has 0 aliphatic carbocycles. The fraction of sp³-hybridized carbons (Fsp3) is 0.0625. The second kappa shape index (κ2) is 6.27. The molecule has 0 unspecified atom stereocenters. The Bertz CT molecular complexity index is 1010. The van der Waals surface area contributed by atoms with Gasteiger partial charge in [0.2, 0.25) is 0 Å². The number of fused-ring (bicyclic) bond motifs is 1. The van der Waals surface area contributed by atoms with Crippen LogP contribution < -0.4 is 10.3 Å². The first-order valence-corrected chi connectivity index (χ1v) is 8.86. The van der Waals surface area contributed by atoms with Crippen LogP contribution in [0, 0.1) is 0 Å². The molecule has 8 heteroatoms. The number of benzene rings is 2. The van der Waals surface area contributed by atoms with E-state index in [1.54, 1.807) is 16.8 Å². The minimum Gasteiger partial charge on any atom is -0.350 e. The second-order valence-corrected chi connectivity index (χ2v) is 7.30. The molecule has 0 atom stereocenters. The Labute approximate surface area is 144 Å². The molecule has 0 aliphatic rings. The SMILES string of the molecule is Cn1cc(C(=O)NNS(=O)(=O)c2ccc(Cl)cc2)c2ccccc21. The molecule has 1 aromatic heterocycles. The van der Waals surface area contributed by atoms with Crippen molar-refractivity contribution in [3.8, 4) is 0 Å². The van der Waals surface area contributed by atoms with Gasteiger partial charge in [-0.3, -0.25) is 10.2 Å². The number of para-hydroxylation sites is 1. The van der Waals surface area contributed by atoms with Crippen molar-refractivity contribution in [1.29, 1.82) is 0 Å². The Morgan fingerprint density at radius 1 is 1.08 bits per heavy atom. The lowest BCUT2D eigenvalue weighted by atomic mass is 10.2. The van der Waals surface area contributed by atoms with Gasteiger partial charge in [0.1, 0.15) is 0 Å². The summed E-state index contributed by atoms with van der Waals surface area (Å²) in [6.07, 6.45) is 1.65. The zero-order valence-electron chi connectivity index (χ0n) is 12.7. The molecule has 1 amide bonds. The maximum absolute atomic E-state index is 12.3. The van der Waals surface area contributed by atoms with Crippen molar-refractivity contribution in [2.24, 2.45) is 7.05 Å². The molecule has 0 aliphatic heterocycles. The van der Waals surface area contributed by atoms with Crippen molar-refractivity contribution in [1.82, 2.24) is 14.8 Å². The highest BCUT2D eigenvalue weighted by atomic mass is 35.5. The smallest absolute Gasteiger partial charge is 0.268 e. The number of carbonyl (C=O) groups excluding carboxylic acids is 1. The van der Waals surface area contributed by atoms with E-state index in [4.69, 9.17) is 11.6 Å². The summed E-state index contributed by atoms with van der Waals surface area (Å²) in [4.78, 5) is 14.4. The molecule has 6 nitrogen and oxygen atoms in total. The minimum absolute atomic E-state index is 0.00474. The first-order chi connectivity index (χ1) is 11.4. The summed E-state index contributed by atoms with van der Waals surface area (Å²) >= 11 is 5.74. The zero-order valence-corrected chi connectivity index (χ0v) is 14.2. The number of hydrogen-bond acceptors (Lipinski definition) is 3. The van der Waals surface area contributed by atoms with Gasteiger partial charge in [-0.15, -0.1) is 4.83 Å². The maximum atomic E-state index is 12.3.